The third-order valence-corrected chi connectivity index (χ3v) is 8.61. The number of fused-ring (bicyclic) bond motifs is 1. The van der Waals surface area contributed by atoms with Crippen LogP contribution in [0.3, 0.4) is 0 Å². The number of thiazole rings is 1. The number of nitrogens with zero attached hydrogens (tertiary/aromatic N) is 2. The molecule has 0 unspecified atom stereocenters. The van der Waals surface area contributed by atoms with Gasteiger partial charge in [-0.25, -0.2) is 13.4 Å². The van der Waals surface area contributed by atoms with Crippen molar-refractivity contribution in [2.24, 2.45) is 0 Å². The molecule has 1 aliphatic heterocycles. The standard InChI is InChI=1S/C19H20N4O4S3/c1-12(24)20-13-5-6-14-15(11-13)29-19(21-14)22-18(25)17-16(7-10-28-17)30(26,27)23-8-3-2-4-9-23/h5-7,10-11H,2-4,8-9H2,1H3,(H,20,24)(H,21,22,25). The van der Waals surface area contributed by atoms with Crippen molar-refractivity contribution in [1.82, 2.24) is 9.29 Å². The molecule has 30 heavy (non-hydrogen) atoms. The Hall–Kier alpha value is -2.34. The lowest BCUT2D eigenvalue weighted by Gasteiger charge is -2.25. The summed E-state index contributed by atoms with van der Waals surface area (Å²) in [6.45, 7) is 2.39. The number of hydrogen-bond donors (Lipinski definition) is 2. The van der Waals surface area contributed by atoms with Gasteiger partial charge in [0.2, 0.25) is 15.9 Å². The van der Waals surface area contributed by atoms with E-state index in [2.05, 4.69) is 15.6 Å². The van der Waals surface area contributed by atoms with Crippen molar-refractivity contribution < 1.29 is 18.0 Å². The lowest BCUT2D eigenvalue weighted by Crippen LogP contribution is -2.36. The van der Waals surface area contributed by atoms with Crippen LogP contribution in [0.25, 0.3) is 10.2 Å². The summed E-state index contributed by atoms with van der Waals surface area (Å²) >= 11 is 2.35. The highest BCUT2D eigenvalue weighted by atomic mass is 32.2. The van der Waals surface area contributed by atoms with Gasteiger partial charge in [-0.05, 0) is 42.5 Å². The number of piperidine rings is 1. The average molecular weight is 465 g/mol. The molecule has 0 saturated carbocycles. The predicted octanol–water partition coefficient (Wildman–Crippen LogP) is 3.74. The predicted molar refractivity (Wildman–Crippen MR) is 119 cm³/mol. The van der Waals surface area contributed by atoms with Gasteiger partial charge in [-0.15, -0.1) is 11.3 Å². The number of carbonyl (C=O) groups excluding carboxylic acids is 2. The van der Waals surface area contributed by atoms with E-state index in [1.807, 2.05) is 0 Å². The Labute approximate surface area is 182 Å². The molecule has 1 aromatic carbocycles. The molecule has 3 heterocycles. The fourth-order valence-electron chi connectivity index (χ4n) is 3.32. The van der Waals surface area contributed by atoms with Crippen molar-refractivity contribution in [2.45, 2.75) is 31.1 Å². The second-order valence-corrected chi connectivity index (χ2v) is 10.8. The molecule has 0 bridgehead atoms. The minimum absolute atomic E-state index is 0.0426. The molecule has 11 heteroatoms. The van der Waals surface area contributed by atoms with Crippen LogP contribution in [0.1, 0.15) is 35.9 Å². The normalized spacial score (nSPS) is 15.2. The average Bonchev–Trinajstić information content (AvgIpc) is 3.35. The van der Waals surface area contributed by atoms with Crippen molar-refractivity contribution in [1.29, 1.82) is 0 Å². The number of aromatic nitrogens is 1. The summed E-state index contributed by atoms with van der Waals surface area (Å²) in [6.07, 6.45) is 2.68. The summed E-state index contributed by atoms with van der Waals surface area (Å²) in [7, 11) is -3.70. The lowest BCUT2D eigenvalue weighted by atomic mass is 10.2. The second kappa shape index (κ2) is 8.42. The molecule has 3 aromatic rings. The first-order valence-corrected chi connectivity index (χ1v) is 12.6. The van der Waals surface area contributed by atoms with Crippen molar-refractivity contribution in [2.75, 3.05) is 23.7 Å². The van der Waals surface area contributed by atoms with Gasteiger partial charge in [0.05, 0.1) is 10.2 Å². The number of anilines is 2. The molecule has 0 atom stereocenters. The van der Waals surface area contributed by atoms with Gasteiger partial charge in [-0.1, -0.05) is 17.8 Å². The third-order valence-electron chi connectivity index (χ3n) is 4.70. The van der Waals surface area contributed by atoms with Gasteiger partial charge < -0.3 is 5.32 Å². The van der Waals surface area contributed by atoms with Crippen LogP contribution in [0.4, 0.5) is 10.8 Å². The van der Waals surface area contributed by atoms with Crippen LogP contribution in [0.5, 0.6) is 0 Å². The number of rotatable bonds is 5. The van der Waals surface area contributed by atoms with Gasteiger partial charge in [-0.2, -0.15) is 4.31 Å². The first kappa shape index (κ1) is 20.9. The van der Waals surface area contributed by atoms with Crippen LogP contribution in [-0.4, -0.2) is 42.6 Å². The molecule has 0 spiro atoms. The zero-order valence-electron chi connectivity index (χ0n) is 16.2. The Bertz CT molecular complexity index is 1210. The Balaban J connectivity index is 1.56. The Morgan fingerprint density at radius 1 is 1.10 bits per heavy atom. The van der Waals surface area contributed by atoms with Gasteiger partial charge in [-0.3, -0.25) is 14.9 Å². The van der Waals surface area contributed by atoms with Crippen LogP contribution in [0.15, 0.2) is 34.5 Å². The van der Waals surface area contributed by atoms with E-state index < -0.39 is 15.9 Å². The van der Waals surface area contributed by atoms with Crippen LogP contribution >= 0.6 is 22.7 Å². The molecule has 4 rings (SSSR count). The maximum atomic E-state index is 13.0. The second-order valence-electron chi connectivity index (χ2n) is 6.92. The minimum atomic E-state index is -3.70. The lowest BCUT2D eigenvalue weighted by molar-refractivity contribution is -0.114. The molecule has 2 amide bonds. The minimum Gasteiger partial charge on any atom is -0.326 e. The molecule has 8 nitrogen and oxygen atoms in total. The quantitative estimate of drug-likeness (QED) is 0.598. The van der Waals surface area contributed by atoms with E-state index in [4.69, 9.17) is 0 Å². The van der Waals surface area contributed by atoms with Gasteiger partial charge in [0.1, 0.15) is 9.77 Å². The van der Waals surface area contributed by atoms with Crippen LogP contribution in [0.2, 0.25) is 0 Å². The monoisotopic (exact) mass is 464 g/mol. The molecular formula is C19H20N4O4S3. The summed E-state index contributed by atoms with van der Waals surface area (Å²) in [5.41, 5.74) is 1.32. The Morgan fingerprint density at radius 3 is 2.60 bits per heavy atom. The first-order valence-electron chi connectivity index (χ1n) is 9.42. The molecule has 1 saturated heterocycles. The van der Waals surface area contributed by atoms with E-state index in [0.29, 0.717) is 29.4 Å². The molecule has 1 aliphatic rings. The smallest absolute Gasteiger partial charge is 0.268 e. The van der Waals surface area contributed by atoms with E-state index >= 15 is 0 Å². The van der Waals surface area contributed by atoms with Crippen molar-refractivity contribution in [3.05, 3.63) is 34.5 Å². The van der Waals surface area contributed by atoms with Crippen LogP contribution < -0.4 is 10.6 Å². The van der Waals surface area contributed by atoms with Crippen molar-refractivity contribution >= 4 is 65.5 Å². The number of sulfonamides is 1. The maximum absolute atomic E-state index is 13.0. The SMILES string of the molecule is CC(=O)Nc1ccc2nc(NC(=O)c3sccc3S(=O)(=O)N3CCCCC3)sc2c1. The highest BCUT2D eigenvalue weighted by molar-refractivity contribution is 7.89. The summed E-state index contributed by atoms with van der Waals surface area (Å²) in [5, 5.41) is 7.41. The third kappa shape index (κ3) is 4.24. The molecule has 1 fully saturated rings. The first-order chi connectivity index (χ1) is 14.3. The topological polar surface area (TPSA) is 108 Å². The van der Waals surface area contributed by atoms with E-state index in [-0.39, 0.29) is 15.7 Å². The fourth-order valence-corrected chi connectivity index (χ4v) is 7.04. The molecule has 0 aliphatic carbocycles. The number of thiophene rings is 1. The largest absolute Gasteiger partial charge is 0.326 e. The van der Waals surface area contributed by atoms with E-state index in [0.717, 1.165) is 35.3 Å². The fraction of sp³-hybridized carbons (Fsp3) is 0.316. The zero-order chi connectivity index (χ0) is 21.3. The highest BCUT2D eigenvalue weighted by Crippen LogP contribution is 2.31. The van der Waals surface area contributed by atoms with Crippen LogP contribution in [-0.2, 0) is 14.8 Å². The van der Waals surface area contributed by atoms with E-state index in [9.17, 15) is 18.0 Å². The van der Waals surface area contributed by atoms with Gasteiger partial charge in [0, 0.05) is 25.7 Å². The molecule has 158 valence electrons. The van der Waals surface area contributed by atoms with E-state index in [1.54, 1.807) is 23.6 Å². The summed E-state index contributed by atoms with van der Waals surface area (Å²) in [5.74, 6) is -0.672. The number of nitrogens with one attached hydrogen (secondary N) is 2. The van der Waals surface area contributed by atoms with Gasteiger partial charge >= 0.3 is 0 Å². The molecule has 0 radical (unpaired) electrons. The summed E-state index contributed by atoms with van der Waals surface area (Å²) in [4.78, 5) is 28.6. The Morgan fingerprint density at radius 2 is 1.87 bits per heavy atom. The maximum Gasteiger partial charge on any atom is 0.268 e. The number of carbonyl (C=O) groups is 2. The molecule has 2 N–H and O–H groups in total. The number of hydrogen-bond acceptors (Lipinski definition) is 7. The molecular weight excluding hydrogens is 444 g/mol. The van der Waals surface area contributed by atoms with E-state index in [1.165, 1.54) is 28.6 Å². The van der Waals surface area contributed by atoms with Gasteiger partial charge in [0.25, 0.3) is 5.91 Å². The molecule has 2 aromatic heterocycles. The van der Waals surface area contributed by atoms with Crippen molar-refractivity contribution in [3.63, 3.8) is 0 Å². The highest BCUT2D eigenvalue weighted by Gasteiger charge is 2.31. The summed E-state index contributed by atoms with van der Waals surface area (Å²) < 4.78 is 28.2. The number of benzene rings is 1. The van der Waals surface area contributed by atoms with Crippen LogP contribution in [0, 0.1) is 0 Å². The number of amides is 2. The Kier molecular flexibility index (Phi) is 5.87. The summed E-state index contributed by atoms with van der Waals surface area (Å²) in [6, 6.07) is 6.75. The zero-order valence-corrected chi connectivity index (χ0v) is 18.6. The van der Waals surface area contributed by atoms with Crippen molar-refractivity contribution in [3.8, 4) is 0 Å². The van der Waals surface area contributed by atoms with Gasteiger partial charge in [0.15, 0.2) is 5.13 Å².